The summed E-state index contributed by atoms with van der Waals surface area (Å²) in [7, 11) is 1.73. The highest BCUT2D eigenvalue weighted by atomic mass is 16.5. The predicted molar refractivity (Wildman–Crippen MR) is 137 cm³/mol. The van der Waals surface area contributed by atoms with Crippen LogP contribution in [0.5, 0.6) is 0 Å². The molecule has 3 aliphatic rings. The maximum absolute atomic E-state index is 13.4. The van der Waals surface area contributed by atoms with Gasteiger partial charge in [-0.1, -0.05) is 0 Å². The monoisotopic (exact) mass is 493 g/mol. The molecule has 2 aliphatic heterocycles. The van der Waals surface area contributed by atoms with Crippen LogP contribution in [0, 0.1) is 0 Å². The quantitative estimate of drug-likeness (QED) is 0.416. The molecule has 0 spiro atoms. The first kappa shape index (κ1) is 23.2. The lowest BCUT2D eigenvalue weighted by molar-refractivity contribution is -0.123. The third-order valence-electron chi connectivity index (χ3n) is 7.51. The number of aromatic nitrogens is 5. The van der Waals surface area contributed by atoms with Crippen molar-refractivity contribution in [1.82, 2.24) is 34.8 Å². The molecule has 11 heteroatoms. The van der Waals surface area contributed by atoms with Gasteiger partial charge in [0, 0.05) is 56.7 Å². The van der Waals surface area contributed by atoms with E-state index in [0.717, 1.165) is 69.0 Å². The summed E-state index contributed by atoms with van der Waals surface area (Å²) in [6.07, 6.45) is 8.19. The number of carbonyl (C=O) groups is 1. The number of aromatic amines is 1. The van der Waals surface area contributed by atoms with Crippen molar-refractivity contribution >= 4 is 29.3 Å². The molecule has 0 aromatic carbocycles. The van der Waals surface area contributed by atoms with Gasteiger partial charge in [0.05, 0.1) is 6.61 Å². The fourth-order valence-corrected chi connectivity index (χ4v) is 5.43. The molecule has 0 bridgehead atoms. The summed E-state index contributed by atoms with van der Waals surface area (Å²) in [5.74, 6) is 2.62. The average molecular weight is 494 g/mol. The highest BCUT2D eigenvalue weighted by molar-refractivity contribution is 5.85. The second-order valence-corrected chi connectivity index (χ2v) is 10.2. The van der Waals surface area contributed by atoms with Crippen molar-refractivity contribution in [3.8, 4) is 0 Å². The first-order chi connectivity index (χ1) is 17.7. The summed E-state index contributed by atoms with van der Waals surface area (Å²) in [6.45, 7) is 4.30. The van der Waals surface area contributed by atoms with Crippen molar-refractivity contribution in [2.24, 2.45) is 0 Å². The first-order valence-electron chi connectivity index (χ1n) is 13.1. The third-order valence-corrected chi connectivity index (χ3v) is 7.51. The van der Waals surface area contributed by atoms with Gasteiger partial charge in [-0.25, -0.2) is 0 Å². The number of fused-ring (bicyclic) bond motifs is 1. The van der Waals surface area contributed by atoms with Crippen LogP contribution < -0.4 is 15.5 Å². The molecule has 3 aromatic rings. The van der Waals surface area contributed by atoms with Gasteiger partial charge < -0.3 is 20.3 Å². The number of hydrogen-bond donors (Lipinski definition) is 3. The zero-order chi connectivity index (χ0) is 24.5. The van der Waals surface area contributed by atoms with E-state index in [9.17, 15) is 4.79 Å². The van der Waals surface area contributed by atoms with Crippen LogP contribution in [0.4, 0.5) is 17.7 Å². The second kappa shape index (κ2) is 10.1. The predicted octanol–water partition coefficient (Wildman–Crippen LogP) is 2.27. The van der Waals surface area contributed by atoms with Gasteiger partial charge in [0.1, 0.15) is 11.7 Å². The molecule has 2 saturated heterocycles. The van der Waals surface area contributed by atoms with Crippen molar-refractivity contribution in [2.45, 2.75) is 56.5 Å². The minimum atomic E-state index is -0.267. The minimum Gasteiger partial charge on any atom is -0.383 e. The van der Waals surface area contributed by atoms with Gasteiger partial charge in [0.25, 0.3) is 0 Å². The molecule has 2 unspecified atom stereocenters. The standard InChI is InChI=1S/C25H35N9O2/c1-36-14-13-32-10-2-5-18(16-32)26-23(35)20-6-3-11-33(20)25-28-22-7-4-12-34(22)24(29-25)27-21-15-19(30-31-21)17-8-9-17/h4,7,12,15,17-18,20H,2-3,5-6,8-11,13-14,16H2,1H3,(H,26,35)(H2,27,28,29,30,31). The Morgan fingerprint density at radius 1 is 1.19 bits per heavy atom. The maximum atomic E-state index is 13.4. The van der Waals surface area contributed by atoms with E-state index in [2.05, 4.69) is 36.7 Å². The zero-order valence-electron chi connectivity index (χ0n) is 20.8. The number of nitrogens with one attached hydrogen (secondary N) is 3. The molecule has 2 atom stereocenters. The maximum Gasteiger partial charge on any atom is 0.243 e. The van der Waals surface area contributed by atoms with E-state index in [-0.39, 0.29) is 18.0 Å². The zero-order valence-corrected chi connectivity index (χ0v) is 20.8. The highest BCUT2D eigenvalue weighted by Crippen LogP contribution is 2.39. The molecule has 5 heterocycles. The largest absolute Gasteiger partial charge is 0.383 e. The average Bonchev–Trinajstić information content (AvgIpc) is 3.26. The molecule has 0 radical (unpaired) electrons. The number of piperidine rings is 1. The Bertz CT molecular complexity index is 1200. The summed E-state index contributed by atoms with van der Waals surface area (Å²) >= 11 is 0. The van der Waals surface area contributed by atoms with Gasteiger partial charge in [-0.3, -0.25) is 19.2 Å². The normalized spacial score (nSPS) is 22.9. The van der Waals surface area contributed by atoms with Gasteiger partial charge in [-0.15, -0.1) is 0 Å². The van der Waals surface area contributed by atoms with Gasteiger partial charge in [-0.2, -0.15) is 15.1 Å². The van der Waals surface area contributed by atoms with Crippen LogP contribution in [0.15, 0.2) is 24.4 Å². The summed E-state index contributed by atoms with van der Waals surface area (Å²) < 4.78 is 7.14. The highest BCUT2D eigenvalue weighted by Gasteiger charge is 2.35. The molecular formula is C25H35N9O2. The van der Waals surface area contributed by atoms with E-state index in [4.69, 9.17) is 14.7 Å². The van der Waals surface area contributed by atoms with Gasteiger partial charge in [-0.05, 0) is 57.2 Å². The number of carbonyl (C=O) groups excluding carboxylic acids is 1. The third kappa shape index (κ3) is 4.90. The van der Waals surface area contributed by atoms with Crippen LogP contribution >= 0.6 is 0 Å². The van der Waals surface area contributed by atoms with Crippen molar-refractivity contribution in [3.05, 3.63) is 30.1 Å². The van der Waals surface area contributed by atoms with E-state index < -0.39 is 0 Å². The fraction of sp³-hybridized carbons (Fsp3) is 0.600. The van der Waals surface area contributed by atoms with Crippen molar-refractivity contribution in [3.63, 3.8) is 0 Å². The summed E-state index contributed by atoms with van der Waals surface area (Å²) in [4.78, 5) is 27.5. The van der Waals surface area contributed by atoms with Crippen LogP contribution in [-0.2, 0) is 9.53 Å². The minimum absolute atomic E-state index is 0.0702. The molecule has 3 aromatic heterocycles. The Balaban J connectivity index is 1.18. The number of amides is 1. The first-order valence-corrected chi connectivity index (χ1v) is 13.1. The molecule has 192 valence electrons. The molecule has 6 rings (SSSR count). The number of rotatable bonds is 9. The van der Waals surface area contributed by atoms with Crippen molar-refractivity contribution < 1.29 is 9.53 Å². The van der Waals surface area contributed by atoms with Gasteiger partial charge >= 0.3 is 0 Å². The Kier molecular flexibility index (Phi) is 6.49. The lowest BCUT2D eigenvalue weighted by Gasteiger charge is -2.34. The Labute approximate surface area is 210 Å². The summed E-state index contributed by atoms with van der Waals surface area (Å²) in [6, 6.07) is 5.86. The lowest BCUT2D eigenvalue weighted by Crippen LogP contribution is -2.53. The topological polar surface area (TPSA) is 116 Å². The number of H-pyrrole nitrogens is 1. The fourth-order valence-electron chi connectivity index (χ4n) is 5.43. The smallest absolute Gasteiger partial charge is 0.243 e. The molecular weight excluding hydrogens is 458 g/mol. The molecule has 3 fully saturated rings. The van der Waals surface area contributed by atoms with E-state index in [0.29, 0.717) is 24.4 Å². The van der Waals surface area contributed by atoms with E-state index in [1.807, 2.05) is 22.7 Å². The number of likely N-dealkylation sites (tertiary alicyclic amines) is 1. The number of methoxy groups -OCH3 is 1. The van der Waals surface area contributed by atoms with Crippen molar-refractivity contribution in [2.75, 3.05) is 50.1 Å². The Morgan fingerprint density at radius 3 is 2.94 bits per heavy atom. The Morgan fingerprint density at radius 2 is 2.08 bits per heavy atom. The summed E-state index contributed by atoms with van der Waals surface area (Å²) in [5, 5.41) is 14.2. The van der Waals surface area contributed by atoms with Crippen LogP contribution in [0.2, 0.25) is 0 Å². The summed E-state index contributed by atoms with van der Waals surface area (Å²) in [5.41, 5.74) is 1.95. The van der Waals surface area contributed by atoms with E-state index in [1.165, 1.54) is 12.8 Å². The molecule has 36 heavy (non-hydrogen) atoms. The van der Waals surface area contributed by atoms with Crippen molar-refractivity contribution in [1.29, 1.82) is 0 Å². The lowest BCUT2D eigenvalue weighted by atomic mass is 10.0. The van der Waals surface area contributed by atoms with Crippen LogP contribution in [0.1, 0.15) is 50.1 Å². The molecule has 3 N–H and O–H groups in total. The van der Waals surface area contributed by atoms with Gasteiger partial charge in [0.2, 0.25) is 17.8 Å². The Hall–Kier alpha value is -3.18. The molecule has 1 amide bonds. The number of anilines is 3. The van der Waals surface area contributed by atoms with Crippen LogP contribution in [-0.4, -0.2) is 87.4 Å². The van der Waals surface area contributed by atoms with E-state index >= 15 is 0 Å². The SMILES string of the molecule is COCCN1CCCC(NC(=O)C2CCCN2c2nc(Nc3cc(C4CC4)[nH]n3)n3cccc3n2)C1. The number of nitrogens with zero attached hydrogens (tertiary/aromatic N) is 6. The van der Waals surface area contributed by atoms with Crippen LogP contribution in [0.3, 0.4) is 0 Å². The number of ether oxygens (including phenoxy) is 1. The van der Waals surface area contributed by atoms with Crippen LogP contribution in [0.25, 0.3) is 5.65 Å². The molecule has 1 saturated carbocycles. The van der Waals surface area contributed by atoms with E-state index in [1.54, 1.807) is 7.11 Å². The second-order valence-electron chi connectivity index (χ2n) is 10.2. The molecule has 11 nitrogen and oxygen atoms in total. The number of hydrogen-bond acceptors (Lipinski definition) is 8. The van der Waals surface area contributed by atoms with Gasteiger partial charge in [0.15, 0.2) is 5.82 Å². The molecule has 1 aliphatic carbocycles.